The van der Waals surface area contributed by atoms with Crippen LogP contribution in [0, 0.1) is 0 Å². The predicted molar refractivity (Wildman–Crippen MR) is 111 cm³/mol. The lowest BCUT2D eigenvalue weighted by molar-refractivity contribution is 0.0933. The Morgan fingerprint density at radius 1 is 1.19 bits per heavy atom. The van der Waals surface area contributed by atoms with E-state index in [1.54, 1.807) is 31.4 Å². The lowest BCUT2D eigenvalue weighted by atomic mass is 10.0. The summed E-state index contributed by atoms with van der Waals surface area (Å²) in [6.45, 7) is 1.78. The second kappa shape index (κ2) is 10.1. The van der Waals surface area contributed by atoms with Crippen molar-refractivity contribution in [1.29, 1.82) is 0 Å². The summed E-state index contributed by atoms with van der Waals surface area (Å²) in [7, 11) is 1.67. The molecule has 3 rings (SSSR count). The number of piperidine rings is 1. The highest BCUT2D eigenvalue weighted by Gasteiger charge is 2.22. The normalized spacial score (nSPS) is 16.0. The fourth-order valence-electron chi connectivity index (χ4n) is 3.09. The van der Waals surface area contributed by atoms with Gasteiger partial charge >= 0.3 is 0 Å². The summed E-state index contributed by atoms with van der Waals surface area (Å²) in [5.74, 6) is 0.776. The minimum Gasteiger partial charge on any atom is -0.497 e. The number of methoxy groups -OCH3 is 1. The molecule has 0 spiro atoms. The Hall–Kier alpha value is -2.11. The zero-order valence-corrected chi connectivity index (χ0v) is 16.3. The van der Waals surface area contributed by atoms with Crippen LogP contribution in [0.3, 0.4) is 0 Å². The summed E-state index contributed by atoms with van der Waals surface area (Å²) in [6.07, 6.45) is 2.02. The molecule has 0 bridgehead atoms. The van der Waals surface area contributed by atoms with E-state index >= 15 is 0 Å². The predicted octanol–water partition coefficient (Wildman–Crippen LogP) is 3.52. The van der Waals surface area contributed by atoms with Gasteiger partial charge in [0.2, 0.25) is 0 Å². The van der Waals surface area contributed by atoms with Crippen LogP contribution in [-0.4, -0.2) is 32.1 Å². The summed E-state index contributed by atoms with van der Waals surface area (Å²) in [5, 5.41) is 3.12. The molecule has 0 radical (unpaired) electrons. The third-order valence-corrected chi connectivity index (χ3v) is 4.32. The number of nitrogens with one attached hydrogen (secondary N) is 1. The van der Waals surface area contributed by atoms with Crippen molar-refractivity contribution in [2.45, 2.75) is 18.9 Å². The molecule has 1 unspecified atom stereocenters. The van der Waals surface area contributed by atoms with Gasteiger partial charge in [0.25, 0.3) is 5.91 Å². The zero-order chi connectivity index (χ0) is 16.9. The molecule has 142 valence electrons. The van der Waals surface area contributed by atoms with Crippen molar-refractivity contribution < 1.29 is 9.53 Å². The first-order valence-corrected chi connectivity index (χ1v) is 8.21. The van der Waals surface area contributed by atoms with E-state index in [2.05, 4.69) is 16.3 Å². The van der Waals surface area contributed by atoms with Crippen molar-refractivity contribution in [3.05, 3.63) is 54.1 Å². The molecule has 7 heteroatoms. The van der Waals surface area contributed by atoms with Crippen LogP contribution in [-0.2, 0) is 0 Å². The molecular weight excluding hydrogens is 373 g/mol. The molecule has 26 heavy (non-hydrogen) atoms. The Balaban J connectivity index is 0.00000169. The van der Waals surface area contributed by atoms with Gasteiger partial charge in [0.15, 0.2) is 0 Å². The molecule has 1 heterocycles. The number of amides is 1. The standard InChI is InChI=1S/C19H23N3O2.2ClH/c1-24-18-9-3-8-17(12-18)22-10-4-7-16(13-22)21-19(23)14-5-2-6-15(20)11-14;;/h2-3,5-6,8-9,11-12,16H,4,7,10,13,20H2,1H3,(H,21,23);2*1H. The Kier molecular flexibility index (Phi) is 8.55. The highest BCUT2D eigenvalue weighted by molar-refractivity contribution is 5.95. The number of nitrogens with zero attached hydrogens (tertiary/aromatic N) is 1. The third kappa shape index (κ3) is 5.44. The molecule has 1 aliphatic heterocycles. The molecule has 5 nitrogen and oxygen atoms in total. The van der Waals surface area contributed by atoms with Gasteiger partial charge in [0, 0.05) is 42.1 Å². The number of hydrogen-bond donors (Lipinski definition) is 2. The molecule has 1 aliphatic rings. The van der Waals surface area contributed by atoms with Gasteiger partial charge in [-0.1, -0.05) is 12.1 Å². The number of halogens is 2. The zero-order valence-electron chi connectivity index (χ0n) is 14.7. The van der Waals surface area contributed by atoms with Crippen LogP contribution in [0.25, 0.3) is 0 Å². The fourth-order valence-corrected chi connectivity index (χ4v) is 3.09. The van der Waals surface area contributed by atoms with Crippen molar-refractivity contribution >= 4 is 42.1 Å². The molecule has 0 aliphatic carbocycles. The quantitative estimate of drug-likeness (QED) is 0.774. The average molecular weight is 398 g/mol. The van der Waals surface area contributed by atoms with E-state index in [0.717, 1.165) is 37.4 Å². The second-order valence-corrected chi connectivity index (χ2v) is 6.09. The Morgan fingerprint density at radius 3 is 2.69 bits per heavy atom. The van der Waals surface area contributed by atoms with E-state index in [9.17, 15) is 4.79 Å². The van der Waals surface area contributed by atoms with Crippen molar-refractivity contribution in [3.8, 4) is 5.75 Å². The van der Waals surface area contributed by atoms with Gasteiger partial charge in [-0.3, -0.25) is 4.79 Å². The first kappa shape index (κ1) is 21.9. The number of benzene rings is 2. The molecule has 1 amide bonds. The van der Waals surface area contributed by atoms with Gasteiger partial charge in [-0.05, 0) is 43.2 Å². The summed E-state index contributed by atoms with van der Waals surface area (Å²) in [6, 6.07) is 15.2. The molecule has 1 saturated heterocycles. The van der Waals surface area contributed by atoms with Crippen LogP contribution in [0.1, 0.15) is 23.2 Å². The highest BCUT2D eigenvalue weighted by Crippen LogP contribution is 2.24. The van der Waals surface area contributed by atoms with Crippen LogP contribution in [0.15, 0.2) is 48.5 Å². The van der Waals surface area contributed by atoms with Crippen molar-refractivity contribution in [2.75, 3.05) is 30.8 Å². The first-order chi connectivity index (χ1) is 11.7. The summed E-state index contributed by atoms with van der Waals surface area (Å²) >= 11 is 0. The van der Waals surface area contributed by atoms with Gasteiger partial charge in [0.1, 0.15) is 5.75 Å². The molecule has 2 aromatic carbocycles. The SMILES string of the molecule is COc1cccc(N2CCCC(NC(=O)c3cccc(N)c3)C2)c1.Cl.Cl. The largest absolute Gasteiger partial charge is 0.497 e. The van der Waals surface area contributed by atoms with Gasteiger partial charge in [-0.2, -0.15) is 0 Å². The lowest BCUT2D eigenvalue weighted by Gasteiger charge is -2.35. The van der Waals surface area contributed by atoms with Crippen LogP contribution in [0.5, 0.6) is 5.75 Å². The molecule has 2 aromatic rings. The smallest absolute Gasteiger partial charge is 0.251 e. The fraction of sp³-hybridized carbons (Fsp3) is 0.316. The number of hydrogen-bond acceptors (Lipinski definition) is 4. The Labute approximate surface area is 166 Å². The third-order valence-electron chi connectivity index (χ3n) is 4.32. The summed E-state index contributed by atoms with van der Waals surface area (Å²) < 4.78 is 5.30. The topological polar surface area (TPSA) is 67.6 Å². The molecule has 0 saturated carbocycles. The van der Waals surface area contributed by atoms with Crippen molar-refractivity contribution in [1.82, 2.24) is 5.32 Å². The van der Waals surface area contributed by atoms with Gasteiger partial charge in [-0.25, -0.2) is 0 Å². The summed E-state index contributed by atoms with van der Waals surface area (Å²) in [4.78, 5) is 14.7. The minimum absolute atomic E-state index is 0. The Bertz CT molecular complexity index is 727. The molecule has 3 N–H and O–H groups in total. The molecule has 1 atom stereocenters. The van der Waals surface area contributed by atoms with Gasteiger partial charge in [0.05, 0.1) is 7.11 Å². The number of ether oxygens (including phenoxy) is 1. The number of anilines is 2. The second-order valence-electron chi connectivity index (χ2n) is 6.09. The van der Waals surface area contributed by atoms with Crippen LogP contribution < -0.4 is 20.7 Å². The maximum Gasteiger partial charge on any atom is 0.251 e. The van der Waals surface area contributed by atoms with E-state index in [0.29, 0.717) is 11.3 Å². The number of nitrogens with two attached hydrogens (primary N) is 1. The van der Waals surface area contributed by atoms with Crippen molar-refractivity contribution in [3.63, 3.8) is 0 Å². The van der Waals surface area contributed by atoms with E-state index in [1.165, 1.54) is 0 Å². The van der Waals surface area contributed by atoms with Crippen LogP contribution in [0.2, 0.25) is 0 Å². The number of nitrogen functional groups attached to an aromatic ring is 1. The maximum atomic E-state index is 12.4. The maximum absolute atomic E-state index is 12.4. The van der Waals surface area contributed by atoms with Gasteiger partial charge < -0.3 is 20.7 Å². The summed E-state index contributed by atoms with van der Waals surface area (Å²) in [5.41, 5.74) is 8.08. The van der Waals surface area contributed by atoms with E-state index < -0.39 is 0 Å². The first-order valence-electron chi connectivity index (χ1n) is 8.21. The number of carbonyl (C=O) groups is 1. The molecule has 1 fully saturated rings. The van der Waals surface area contributed by atoms with E-state index in [-0.39, 0.29) is 36.8 Å². The highest BCUT2D eigenvalue weighted by atomic mass is 35.5. The Morgan fingerprint density at radius 2 is 1.96 bits per heavy atom. The monoisotopic (exact) mass is 397 g/mol. The van der Waals surface area contributed by atoms with Crippen LogP contribution >= 0.6 is 24.8 Å². The average Bonchev–Trinajstić information content (AvgIpc) is 2.62. The minimum atomic E-state index is -0.0696. The van der Waals surface area contributed by atoms with Gasteiger partial charge in [-0.15, -0.1) is 24.8 Å². The number of carbonyl (C=O) groups excluding carboxylic acids is 1. The van der Waals surface area contributed by atoms with Crippen molar-refractivity contribution in [2.24, 2.45) is 0 Å². The molecular formula is C19H25Cl2N3O2. The van der Waals surface area contributed by atoms with Crippen LogP contribution in [0.4, 0.5) is 11.4 Å². The molecule has 0 aromatic heterocycles. The lowest BCUT2D eigenvalue weighted by Crippen LogP contribution is -2.47. The van der Waals surface area contributed by atoms with E-state index in [4.69, 9.17) is 10.5 Å². The van der Waals surface area contributed by atoms with E-state index in [1.807, 2.05) is 18.2 Å². The number of rotatable bonds is 4.